The van der Waals surface area contributed by atoms with Gasteiger partial charge in [-0.2, -0.15) is 4.73 Å². The van der Waals surface area contributed by atoms with Gasteiger partial charge in [-0.1, -0.05) is 30.3 Å². The second kappa shape index (κ2) is 3.99. The van der Waals surface area contributed by atoms with Gasteiger partial charge in [0, 0.05) is 0 Å². The SMILES string of the molecule is [2H]c1nc(=N)c2c(ncn2O)n1Cc1ccccc1. The predicted octanol–water partition coefficient (Wildman–Crippen LogP) is 0.998. The minimum Gasteiger partial charge on any atom is -0.427 e. The van der Waals surface area contributed by atoms with Crippen molar-refractivity contribution in [3.63, 3.8) is 0 Å². The number of nitrogens with one attached hydrogen (secondary N) is 1. The van der Waals surface area contributed by atoms with Gasteiger partial charge in [-0.25, -0.2) is 9.97 Å². The lowest BCUT2D eigenvalue weighted by Gasteiger charge is -2.06. The van der Waals surface area contributed by atoms with E-state index in [2.05, 4.69) is 9.97 Å². The number of benzene rings is 1. The van der Waals surface area contributed by atoms with Crippen LogP contribution < -0.4 is 5.49 Å². The van der Waals surface area contributed by atoms with Gasteiger partial charge >= 0.3 is 0 Å². The first-order valence-electron chi connectivity index (χ1n) is 5.89. The van der Waals surface area contributed by atoms with Crippen molar-refractivity contribution >= 4 is 11.2 Å². The third-order valence-electron chi connectivity index (χ3n) is 2.68. The maximum atomic E-state index is 9.59. The summed E-state index contributed by atoms with van der Waals surface area (Å²) >= 11 is 0. The first kappa shape index (κ1) is 9.41. The summed E-state index contributed by atoms with van der Waals surface area (Å²) in [5, 5.41) is 17.3. The summed E-state index contributed by atoms with van der Waals surface area (Å²) in [7, 11) is 0. The Balaban J connectivity index is 2.21. The van der Waals surface area contributed by atoms with Crippen molar-refractivity contribution in [1.82, 2.24) is 19.3 Å². The molecule has 0 aliphatic heterocycles. The Morgan fingerprint density at radius 3 is 2.83 bits per heavy atom. The fourth-order valence-corrected chi connectivity index (χ4v) is 1.83. The molecule has 0 spiro atoms. The number of rotatable bonds is 2. The van der Waals surface area contributed by atoms with E-state index in [1.165, 1.54) is 6.33 Å². The average Bonchev–Trinajstić information content (AvgIpc) is 2.78. The first-order chi connectivity index (χ1) is 9.16. The molecule has 0 saturated carbocycles. The Bertz CT molecular complexity index is 793. The van der Waals surface area contributed by atoms with E-state index in [0.29, 0.717) is 12.2 Å². The minimum atomic E-state index is -0.163. The molecule has 2 aromatic heterocycles. The molecule has 3 rings (SSSR count). The monoisotopic (exact) mass is 242 g/mol. The van der Waals surface area contributed by atoms with E-state index in [1.807, 2.05) is 30.3 Å². The van der Waals surface area contributed by atoms with Crippen LogP contribution in [0.15, 0.2) is 43.0 Å². The molecule has 0 saturated heterocycles. The zero-order valence-electron chi connectivity index (χ0n) is 10.4. The molecule has 1 aromatic carbocycles. The molecule has 0 aliphatic carbocycles. The Morgan fingerprint density at radius 2 is 2.06 bits per heavy atom. The van der Waals surface area contributed by atoms with E-state index in [0.717, 1.165) is 10.3 Å². The van der Waals surface area contributed by atoms with Gasteiger partial charge < -0.3 is 9.77 Å². The number of imidazole rings is 1. The quantitative estimate of drug-likeness (QED) is 0.658. The maximum absolute atomic E-state index is 9.59. The van der Waals surface area contributed by atoms with E-state index in [9.17, 15) is 5.21 Å². The van der Waals surface area contributed by atoms with Gasteiger partial charge in [0.1, 0.15) is 7.70 Å². The van der Waals surface area contributed by atoms with Crippen LogP contribution in [0.5, 0.6) is 0 Å². The Kier molecular flexibility index (Phi) is 2.09. The van der Waals surface area contributed by atoms with E-state index in [-0.39, 0.29) is 17.3 Å². The van der Waals surface area contributed by atoms with E-state index >= 15 is 0 Å². The first-order valence-corrected chi connectivity index (χ1v) is 5.39. The highest BCUT2D eigenvalue weighted by Crippen LogP contribution is 2.08. The molecule has 0 radical (unpaired) electrons. The average molecular weight is 242 g/mol. The summed E-state index contributed by atoms with van der Waals surface area (Å²) in [6.07, 6.45) is 1.14. The molecule has 2 N–H and O–H groups in total. The van der Waals surface area contributed by atoms with Crippen LogP contribution in [0, 0.1) is 5.41 Å². The minimum absolute atomic E-state index is 0.0555. The summed E-state index contributed by atoms with van der Waals surface area (Å²) in [6, 6.07) is 9.60. The molecule has 6 nitrogen and oxygen atoms in total. The van der Waals surface area contributed by atoms with Gasteiger partial charge in [-0.15, -0.1) is 0 Å². The van der Waals surface area contributed by atoms with Crippen molar-refractivity contribution in [2.75, 3.05) is 0 Å². The maximum Gasteiger partial charge on any atom is 0.177 e. The number of nitrogens with zero attached hydrogens (tertiary/aromatic N) is 4. The van der Waals surface area contributed by atoms with Crippen LogP contribution in [0.3, 0.4) is 0 Å². The van der Waals surface area contributed by atoms with Gasteiger partial charge in [0.15, 0.2) is 16.7 Å². The van der Waals surface area contributed by atoms with Crippen molar-refractivity contribution in [3.8, 4) is 0 Å². The van der Waals surface area contributed by atoms with Crippen LogP contribution in [-0.4, -0.2) is 24.5 Å². The van der Waals surface area contributed by atoms with Crippen molar-refractivity contribution < 1.29 is 6.58 Å². The summed E-state index contributed by atoms with van der Waals surface area (Å²) < 4.78 is 10.2. The molecule has 3 aromatic rings. The van der Waals surface area contributed by atoms with Crippen LogP contribution in [0.2, 0.25) is 0 Å². The van der Waals surface area contributed by atoms with Gasteiger partial charge in [-0.3, -0.25) is 5.41 Å². The fraction of sp³-hybridized carbons (Fsp3) is 0.0833. The third-order valence-corrected chi connectivity index (χ3v) is 2.68. The van der Waals surface area contributed by atoms with Crippen molar-refractivity contribution in [2.45, 2.75) is 6.54 Å². The Hall–Kier alpha value is -2.63. The Morgan fingerprint density at radius 1 is 1.28 bits per heavy atom. The van der Waals surface area contributed by atoms with Gasteiger partial charge in [0.05, 0.1) is 12.8 Å². The molecule has 2 heterocycles. The number of fused-ring (bicyclic) bond motifs is 1. The molecular formula is C12H11N5O. The van der Waals surface area contributed by atoms with Crippen molar-refractivity contribution in [3.05, 3.63) is 54.0 Å². The van der Waals surface area contributed by atoms with Crippen molar-refractivity contribution in [1.29, 1.82) is 5.41 Å². The molecule has 0 amide bonds. The molecule has 90 valence electrons. The van der Waals surface area contributed by atoms with Gasteiger partial charge in [0.2, 0.25) is 0 Å². The highest BCUT2D eigenvalue weighted by atomic mass is 16.5. The standard InChI is InChI=1S/C12H11N5O/c13-11-10-12(15-8-17(10)18)16(7-14-11)6-9-4-2-1-3-5-9/h1-5,7-8,13,18H,6H2/i7D. The Labute approximate surface area is 104 Å². The molecule has 0 fully saturated rings. The summed E-state index contributed by atoms with van der Waals surface area (Å²) in [6.45, 7) is 0.417. The summed E-state index contributed by atoms with van der Waals surface area (Å²) in [5.74, 6) is 0. The second-order valence-corrected chi connectivity index (χ2v) is 3.89. The van der Waals surface area contributed by atoms with Gasteiger partial charge in [0.25, 0.3) is 0 Å². The summed E-state index contributed by atoms with van der Waals surface area (Å²) in [4.78, 5) is 7.84. The molecule has 6 heteroatoms. The highest BCUT2D eigenvalue weighted by molar-refractivity contribution is 5.68. The number of hydrogen-bond donors (Lipinski definition) is 2. The molecule has 0 unspecified atom stereocenters. The molecular weight excluding hydrogens is 230 g/mol. The molecule has 0 atom stereocenters. The molecule has 0 bridgehead atoms. The summed E-state index contributed by atoms with van der Waals surface area (Å²) in [5.41, 5.74) is 1.40. The number of hydrogen-bond acceptors (Lipinski definition) is 4. The molecule has 0 aliphatic rings. The van der Waals surface area contributed by atoms with Crippen LogP contribution in [-0.2, 0) is 6.54 Å². The highest BCUT2D eigenvalue weighted by Gasteiger charge is 2.08. The molecule has 18 heavy (non-hydrogen) atoms. The fourth-order valence-electron chi connectivity index (χ4n) is 1.83. The van der Waals surface area contributed by atoms with Gasteiger partial charge in [-0.05, 0) is 5.56 Å². The largest absolute Gasteiger partial charge is 0.427 e. The number of aromatic nitrogens is 4. The zero-order valence-corrected chi connectivity index (χ0v) is 9.41. The van der Waals surface area contributed by atoms with Crippen LogP contribution in [0.25, 0.3) is 11.2 Å². The topological polar surface area (TPSA) is 79.7 Å². The normalized spacial score (nSPS) is 11.7. The smallest absolute Gasteiger partial charge is 0.177 e. The second-order valence-electron chi connectivity index (χ2n) is 3.89. The van der Waals surface area contributed by atoms with Crippen LogP contribution in [0.1, 0.15) is 6.93 Å². The zero-order chi connectivity index (χ0) is 13.4. The third kappa shape index (κ3) is 1.64. The van der Waals surface area contributed by atoms with E-state index in [1.54, 1.807) is 4.57 Å². The van der Waals surface area contributed by atoms with Crippen LogP contribution in [0.4, 0.5) is 0 Å². The predicted molar refractivity (Wildman–Crippen MR) is 64.1 cm³/mol. The van der Waals surface area contributed by atoms with E-state index < -0.39 is 0 Å². The van der Waals surface area contributed by atoms with Crippen LogP contribution >= 0.6 is 0 Å². The van der Waals surface area contributed by atoms with Crippen molar-refractivity contribution in [2.24, 2.45) is 0 Å². The lowest BCUT2D eigenvalue weighted by molar-refractivity contribution is 0.197. The van der Waals surface area contributed by atoms with E-state index in [4.69, 9.17) is 6.78 Å². The lowest BCUT2D eigenvalue weighted by atomic mass is 10.2. The lowest BCUT2D eigenvalue weighted by Crippen LogP contribution is -2.15.